The van der Waals surface area contributed by atoms with Crippen molar-refractivity contribution < 1.29 is 4.79 Å². The van der Waals surface area contributed by atoms with Crippen LogP contribution in [0.1, 0.15) is 39.0 Å². The molecular weight excluding hydrogens is 290 g/mol. The van der Waals surface area contributed by atoms with E-state index in [4.69, 9.17) is 0 Å². The van der Waals surface area contributed by atoms with Gasteiger partial charge in [0, 0.05) is 19.0 Å². The Morgan fingerprint density at radius 1 is 1.26 bits per heavy atom. The van der Waals surface area contributed by atoms with Gasteiger partial charge in [0.25, 0.3) is 5.56 Å². The van der Waals surface area contributed by atoms with Crippen LogP contribution in [0.5, 0.6) is 0 Å². The van der Waals surface area contributed by atoms with Crippen molar-refractivity contribution in [1.82, 2.24) is 14.9 Å². The maximum absolute atomic E-state index is 12.4. The minimum atomic E-state index is -0.0881. The quantitative estimate of drug-likeness (QED) is 0.943. The molecule has 0 unspecified atom stereocenters. The predicted octanol–water partition coefficient (Wildman–Crippen LogP) is 2.48. The number of nitrogens with one attached hydrogen (secondary N) is 1. The second-order valence-electron chi connectivity index (χ2n) is 6.53. The van der Waals surface area contributed by atoms with Gasteiger partial charge in [-0.3, -0.25) is 14.2 Å². The summed E-state index contributed by atoms with van der Waals surface area (Å²) in [5.41, 5.74) is 0.601. The molecule has 1 aromatic carbocycles. The fourth-order valence-corrected chi connectivity index (χ4v) is 3.19. The topological polar surface area (TPSA) is 64.0 Å². The Morgan fingerprint density at radius 2 is 2.00 bits per heavy atom. The van der Waals surface area contributed by atoms with E-state index in [2.05, 4.69) is 17.2 Å². The zero-order valence-electron chi connectivity index (χ0n) is 13.5. The van der Waals surface area contributed by atoms with Crippen molar-refractivity contribution in [3.63, 3.8) is 0 Å². The van der Waals surface area contributed by atoms with Crippen LogP contribution in [-0.2, 0) is 11.3 Å². The van der Waals surface area contributed by atoms with Crippen LogP contribution in [0, 0.1) is 5.92 Å². The Kier molecular flexibility index (Phi) is 4.74. The first kappa shape index (κ1) is 15.7. The number of nitrogens with zero attached hydrogens (tertiary/aromatic N) is 2. The van der Waals surface area contributed by atoms with Gasteiger partial charge in [-0.2, -0.15) is 0 Å². The molecule has 122 valence electrons. The van der Waals surface area contributed by atoms with Gasteiger partial charge in [0.1, 0.15) is 0 Å². The smallest absolute Gasteiger partial charge is 0.261 e. The van der Waals surface area contributed by atoms with Crippen LogP contribution < -0.4 is 10.9 Å². The maximum Gasteiger partial charge on any atom is 0.261 e. The highest BCUT2D eigenvalue weighted by Crippen LogP contribution is 2.23. The van der Waals surface area contributed by atoms with Crippen molar-refractivity contribution in [2.45, 2.75) is 51.6 Å². The molecule has 0 atom stereocenters. The Bertz CT molecular complexity index is 745. The van der Waals surface area contributed by atoms with Gasteiger partial charge in [-0.25, -0.2) is 4.98 Å². The number of hydrogen-bond donors (Lipinski definition) is 1. The lowest BCUT2D eigenvalue weighted by atomic mass is 9.87. The van der Waals surface area contributed by atoms with E-state index in [0.717, 1.165) is 18.8 Å². The van der Waals surface area contributed by atoms with Crippen LogP contribution in [0.2, 0.25) is 0 Å². The lowest BCUT2D eigenvalue weighted by molar-refractivity contribution is -0.122. The zero-order valence-corrected chi connectivity index (χ0v) is 13.5. The van der Waals surface area contributed by atoms with E-state index in [1.54, 1.807) is 6.07 Å². The number of amides is 1. The standard InChI is InChI=1S/C18H23N3O2/c1-13-6-8-14(9-7-13)20-17(22)10-11-21-12-19-16-5-3-2-4-15(16)18(21)23/h2-5,12-14H,6-11H2,1H3,(H,20,22). The lowest BCUT2D eigenvalue weighted by Gasteiger charge is -2.26. The van der Waals surface area contributed by atoms with E-state index in [0.29, 0.717) is 29.9 Å². The molecule has 0 radical (unpaired) electrons. The highest BCUT2D eigenvalue weighted by atomic mass is 16.2. The molecule has 1 heterocycles. The summed E-state index contributed by atoms with van der Waals surface area (Å²) < 4.78 is 1.52. The molecule has 1 N–H and O–H groups in total. The molecule has 5 nitrogen and oxygen atoms in total. The summed E-state index contributed by atoms with van der Waals surface area (Å²) in [7, 11) is 0. The van der Waals surface area contributed by atoms with Crippen LogP contribution in [0.3, 0.4) is 0 Å². The molecule has 0 aliphatic heterocycles. The van der Waals surface area contributed by atoms with Crippen molar-refractivity contribution in [1.29, 1.82) is 0 Å². The fraction of sp³-hybridized carbons (Fsp3) is 0.500. The maximum atomic E-state index is 12.4. The number of carbonyl (C=O) groups is 1. The molecule has 0 spiro atoms. The van der Waals surface area contributed by atoms with Gasteiger partial charge in [0.2, 0.25) is 5.91 Å². The number of para-hydroxylation sites is 1. The minimum absolute atomic E-state index is 0.0182. The molecule has 1 fully saturated rings. The van der Waals surface area contributed by atoms with Crippen LogP contribution in [0.25, 0.3) is 10.9 Å². The molecule has 1 aliphatic rings. The van der Waals surface area contributed by atoms with Crippen molar-refractivity contribution in [3.05, 3.63) is 40.9 Å². The second-order valence-corrected chi connectivity index (χ2v) is 6.53. The summed E-state index contributed by atoms with van der Waals surface area (Å²) in [6.45, 7) is 2.63. The number of hydrogen-bond acceptors (Lipinski definition) is 3. The molecular formula is C18H23N3O2. The molecule has 1 saturated carbocycles. The SMILES string of the molecule is CC1CCC(NC(=O)CCn2cnc3ccccc3c2=O)CC1. The Labute approximate surface area is 135 Å². The van der Waals surface area contributed by atoms with Crippen LogP contribution in [-0.4, -0.2) is 21.5 Å². The molecule has 1 amide bonds. The number of carbonyl (C=O) groups excluding carboxylic acids is 1. The van der Waals surface area contributed by atoms with Gasteiger partial charge in [-0.15, -0.1) is 0 Å². The Balaban J connectivity index is 1.59. The van der Waals surface area contributed by atoms with Crippen LogP contribution >= 0.6 is 0 Å². The van der Waals surface area contributed by atoms with E-state index in [1.165, 1.54) is 23.7 Å². The fourth-order valence-electron chi connectivity index (χ4n) is 3.19. The van der Waals surface area contributed by atoms with Gasteiger partial charge in [-0.05, 0) is 43.7 Å². The number of rotatable bonds is 4. The summed E-state index contributed by atoms with van der Waals surface area (Å²) in [5.74, 6) is 0.787. The molecule has 0 saturated heterocycles. The molecule has 3 rings (SSSR count). The first-order valence-electron chi connectivity index (χ1n) is 8.37. The van der Waals surface area contributed by atoms with E-state index in [9.17, 15) is 9.59 Å². The highest BCUT2D eigenvalue weighted by Gasteiger charge is 2.19. The van der Waals surface area contributed by atoms with E-state index in [-0.39, 0.29) is 11.5 Å². The summed E-state index contributed by atoms with van der Waals surface area (Å²) >= 11 is 0. The van der Waals surface area contributed by atoms with Gasteiger partial charge < -0.3 is 5.32 Å². The summed E-state index contributed by atoms with van der Waals surface area (Å²) in [5, 5.41) is 3.69. The third kappa shape index (κ3) is 3.78. The average molecular weight is 313 g/mol. The highest BCUT2D eigenvalue weighted by molar-refractivity contribution is 5.77. The summed E-state index contributed by atoms with van der Waals surface area (Å²) in [6.07, 6.45) is 6.32. The molecule has 1 aromatic heterocycles. The molecule has 1 aliphatic carbocycles. The Morgan fingerprint density at radius 3 is 2.78 bits per heavy atom. The number of aryl methyl sites for hydroxylation is 1. The van der Waals surface area contributed by atoms with Crippen molar-refractivity contribution >= 4 is 16.8 Å². The van der Waals surface area contributed by atoms with Crippen molar-refractivity contribution in [2.75, 3.05) is 0 Å². The Hall–Kier alpha value is -2.17. The van der Waals surface area contributed by atoms with E-state index >= 15 is 0 Å². The van der Waals surface area contributed by atoms with Crippen LogP contribution in [0.15, 0.2) is 35.4 Å². The number of aromatic nitrogens is 2. The van der Waals surface area contributed by atoms with Gasteiger partial charge >= 0.3 is 0 Å². The predicted molar refractivity (Wildman–Crippen MR) is 90.2 cm³/mol. The molecule has 23 heavy (non-hydrogen) atoms. The van der Waals surface area contributed by atoms with Gasteiger partial charge in [0.05, 0.1) is 17.2 Å². The van der Waals surface area contributed by atoms with Crippen molar-refractivity contribution in [3.8, 4) is 0 Å². The third-order valence-electron chi connectivity index (χ3n) is 4.69. The third-order valence-corrected chi connectivity index (χ3v) is 4.69. The average Bonchev–Trinajstić information content (AvgIpc) is 2.57. The molecule has 5 heteroatoms. The second kappa shape index (κ2) is 6.94. The molecule has 0 bridgehead atoms. The largest absolute Gasteiger partial charge is 0.353 e. The zero-order chi connectivity index (χ0) is 16.2. The van der Waals surface area contributed by atoms with E-state index < -0.39 is 0 Å². The number of benzene rings is 1. The number of fused-ring (bicyclic) bond motifs is 1. The van der Waals surface area contributed by atoms with E-state index in [1.807, 2.05) is 18.2 Å². The molecule has 2 aromatic rings. The summed E-state index contributed by atoms with van der Waals surface area (Å²) in [4.78, 5) is 28.7. The monoisotopic (exact) mass is 313 g/mol. The first-order chi connectivity index (χ1) is 11.1. The first-order valence-corrected chi connectivity index (χ1v) is 8.37. The lowest BCUT2D eigenvalue weighted by Crippen LogP contribution is -2.38. The minimum Gasteiger partial charge on any atom is -0.353 e. The summed E-state index contributed by atoms with van der Waals surface area (Å²) in [6, 6.07) is 7.57. The van der Waals surface area contributed by atoms with Crippen molar-refractivity contribution in [2.24, 2.45) is 5.92 Å². The van der Waals surface area contributed by atoms with Crippen LogP contribution in [0.4, 0.5) is 0 Å². The van der Waals surface area contributed by atoms with Gasteiger partial charge in [0.15, 0.2) is 0 Å². The normalized spacial score (nSPS) is 21.3. The van der Waals surface area contributed by atoms with Gasteiger partial charge in [-0.1, -0.05) is 19.1 Å².